The fourth-order valence-electron chi connectivity index (χ4n) is 5.61. The van der Waals surface area contributed by atoms with Crippen LogP contribution in [0.25, 0.3) is 16.8 Å². The molecule has 0 unspecified atom stereocenters. The fourth-order valence-corrected chi connectivity index (χ4v) is 5.61. The van der Waals surface area contributed by atoms with Gasteiger partial charge in [0.1, 0.15) is 10.9 Å². The van der Waals surface area contributed by atoms with Crippen LogP contribution in [0.3, 0.4) is 0 Å². The Bertz CT molecular complexity index is 1260. The first-order valence-electron chi connectivity index (χ1n) is 11.3. The second kappa shape index (κ2) is 6.86. The molecule has 0 N–H and O–H groups in total. The molecule has 4 heterocycles. The van der Waals surface area contributed by atoms with Crippen LogP contribution in [0.5, 0.6) is 0 Å². The van der Waals surface area contributed by atoms with Crippen molar-refractivity contribution < 1.29 is 9.18 Å². The molecule has 164 valence electrons. The maximum Gasteiger partial charge on any atom is 0.249 e. The molecule has 2 saturated carbocycles. The molecule has 3 aliphatic rings. The van der Waals surface area contributed by atoms with Crippen LogP contribution in [-0.4, -0.2) is 36.8 Å². The molecule has 3 aromatic heterocycles. The van der Waals surface area contributed by atoms with Gasteiger partial charge in [0.2, 0.25) is 5.91 Å². The van der Waals surface area contributed by atoms with Crippen LogP contribution in [-0.2, 0) is 4.79 Å². The number of halogens is 1. The zero-order chi connectivity index (χ0) is 22.0. The van der Waals surface area contributed by atoms with Gasteiger partial charge in [-0.05, 0) is 31.6 Å². The molecule has 2 atom stereocenters. The van der Waals surface area contributed by atoms with E-state index in [9.17, 15) is 14.4 Å². The van der Waals surface area contributed by atoms with Gasteiger partial charge in [-0.3, -0.25) is 14.4 Å². The molecule has 3 fully saturated rings. The number of fused-ring (bicyclic) bond motifs is 1. The van der Waals surface area contributed by atoms with E-state index in [1.165, 1.54) is 22.3 Å². The SMILES string of the molecule is C[C@@H]1CN(c2nc(-c3cnn(C4CCCC4)c3)cn3ncc(F)c23)C(=O)[C@]1(C#N)C1CC1. The number of nitrogens with zero attached hydrogens (tertiary/aromatic N) is 7. The van der Waals surface area contributed by atoms with Gasteiger partial charge in [-0.15, -0.1) is 0 Å². The smallest absolute Gasteiger partial charge is 0.249 e. The lowest BCUT2D eigenvalue weighted by molar-refractivity contribution is -0.124. The minimum absolute atomic E-state index is 0.0682. The van der Waals surface area contributed by atoms with Crippen molar-refractivity contribution in [2.24, 2.45) is 17.3 Å². The van der Waals surface area contributed by atoms with Gasteiger partial charge in [-0.25, -0.2) is 13.9 Å². The summed E-state index contributed by atoms with van der Waals surface area (Å²) in [5.74, 6) is -0.681. The van der Waals surface area contributed by atoms with E-state index in [2.05, 4.69) is 16.3 Å². The van der Waals surface area contributed by atoms with Crippen LogP contribution in [0.15, 0.2) is 24.8 Å². The number of aromatic nitrogens is 5. The number of hydrogen-bond acceptors (Lipinski definition) is 5. The molecule has 6 rings (SSSR count). The average molecular weight is 433 g/mol. The van der Waals surface area contributed by atoms with Crippen molar-refractivity contribution in [2.75, 3.05) is 11.4 Å². The summed E-state index contributed by atoms with van der Waals surface area (Å²) in [5.41, 5.74) is 0.464. The molecule has 0 aromatic carbocycles. The largest absolute Gasteiger partial charge is 0.293 e. The third kappa shape index (κ3) is 2.65. The monoisotopic (exact) mass is 433 g/mol. The highest BCUT2D eigenvalue weighted by molar-refractivity contribution is 6.04. The number of amides is 1. The van der Waals surface area contributed by atoms with E-state index in [1.807, 2.05) is 17.8 Å². The van der Waals surface area contributed by atoms with Gasteiger partial charge in [0, 0.05) is 24.2 Å². The zero-order valence-electron chi connectivity index (χ0n) is 17.9. The topological polar surface area (TPSA) is 92.1 Å². The number of rotatable bonds is 4. The predicted octanol–water partition coefficient (Wildman–Crippen LogP) is 3.75. The van der Waals surface area contributed by atoms with E-state index in [0.717, 1.165) is 37.4 Å². The average Bonchev–Trinajstić information content (AvgIpc) is 3.17. The second-order valence-corrected chi connectivity index (χ2v) is 9.45. The predicted molar refractivity (Wildman–Crippen MR) is 114 cm³/mol. The number of carbonyl (C=O) groups is 1. The van der Waals surface area contributed by atoms with Crippen LogP contribution in [0, 0.1) is 34.4 Å². The Labute approximate surface area is 184 Å². The first-order valence-corrected chi connectivity index (χ1v) is 11.3. The molecule has 8 nitrogen and oxygen atoms in total. The Morgan fingerprint density at radius 2 is 1.94 bits per heavy atom. The van der Waals surface area contributed by atoms with Crippen LogP contribution >= 0.6 is 0 Å². The van der Waals surface area contributed by atoms with Gasteiger partial charge in [0.05, 0.1) is 36.4 Å². The van der Waals surface area contributed by atoms with Gasteiger partial charge in [-0.1, -0.05) is 19.8 Å². The standard InChI is InChI=1S/C23H24FN7O/c1-14-10-29(22(32)23(14,13-25)16-6-7-16)21-20-18(24)9-27-31(20)12-19(28-21)15-8-26-30(11-15)17-4-2-3-5-17/h8-9,11-12,14,16-17H,2-7,10H2,1H3/t14-,23+/m1/s1. The van der Waals surface area contributed by atoms with Crippen LogP contribution in [0.2, 0.25) is 0 Å². The van der Waals surface area contributed by atoms with E-state index in [1.54, 1.807) is 12.4 Å². The van der Waals surface area contributed by atoms with Crippen molar-refractivity contribution in [2.45, 2.75) is 51.5 Å². The first kappa shape index (κ1) is 19.4. The summed E-state index contributed by atoms with van der Waals surface area (Å²) in [6, 6.07) is 2.72. The molecule has 1 aliphatic heterocycles. The van der Waals surface area contributed by atoms with Gasteiger partial charge in [0.15, 0.2) is 11.6 Å². The lowest BCUT2D eigenvalue weighted by atomic mass is 9.75. The maximum atomic E-state index is 14.7. The molecule has 3 aromatic rings. The molecule has 9 heteroatoms. The molecule has 0 spiro atoms. The summed E-state index contributed by atoms with van der Waals surface area (Å²) in [6.45, 7) is 2.26. The Morgan fingerprint density at radius 3 is 2.66 bits per heavy atom. The van der Waals surface area contributed by atoms with Crippen LogP contribution < -0.4 is 4.90 Å². The maximum absolute atomic E-state index is 14.7. The molecule has 0 bridgehead atoms. The molecule has 2 aliphatic carbocycles. The van der Waals surface area contributed by atoms with Crippen molar-refractivity contribution in [1.82, 2.24) is 24.4 Å². The van der Waals surface area contributed by atoms with E-state index >= 15 is 0 Å². The minimum atomic E-state index is -1.06. The van der Waals surface area contributed by atoms with Crippen molar-refractivity contribution in [3.63, 3.8) is 0 Å². The van der Waals surface area contributed by atoms with Gasteiger partial charge in [0.25, 0.3) is 0 Å². The van der Waals surface area contributed by atoms with Crippen LogP contribution in [0.4, 0.5) is 10.2 Å². The van der Waals surface area contributed by atoms with Gasteiger partial charge >= 0.3 is 0 Å². The van der Waals surface area contributed by atoms with Gasteiger partial charge < -0.3 is 0 Å². The highest BCUT2D eigenvalue weighted by Crippen LogP contribution is 2.54. The summed E-state index contributed by atoms with van der Waals surface area (Å²) in [6.07, 6.45) is 12.9. The van der Waals surface area contributed by atoms with E-state index < -0.39 is 11.2 Å². The molecule has 32 heavy (non-hydrogen) atoms. The summed E-state index contributed by atoms with van der Waals surface area (Å²) in [5, 5.41) is 18.7. The highest BCUT2D eigenvalue weighted by atomic mass is 19.1. The third-order valence-corrected chi connectivity index (χ3v) is 7.52. The summed E-state index contributed by atoms with van der Waals surface area (Å²) in [4.78, 5) is 19.8. The van der Waals surface area contributed by atoms with Gasteiger partial charge in [-0.2, -0.15) is 15.5 Å². The molecule has 0 radical (unpaired) electrons. The molecule has 1 saturated heterocycles. The molecular formula is C23H24FN7O. The number of hydrogen-bond donors (Lipinski definition) is 0. The van der Waals surface area contributed by atoms with Crippen molar-refractivity contribution in [1.29, 1.82) is 5.26 Å². The fraction of sp³-hybridized carbons (Fsp3) is 0.522. The Morgan fingerprint density at radius 1 is 1.16 bits per heavy atom. The van der Waals surface area contributed by atoms with E-state index in [0.29, 0.717) is 18.3 Å². The van der Waals surface area contributed by atoms with E-state index in [-0.39, 0.29) is 29.1 Å². The molecule has 1 amide bonds. The molecular weight excluding hydrogens is 409 g/mol. The zero-order valence-corrected chi connectivity index (χ0v) is 17.9. The summed E-state index contributed by atoms with van der Waals surface area (Å²) in [7, 11) is 0. The minimum Gasteiger partial charge on any atom is -0.293 e. The Balaban J connectivity index is 1.45. The lowest BCUT2D eigenvalue weighted by Gasteiger charge is -2.23. The third-order valence-electron chi connectivity index (χ3n) is 7.52. The summed E-state index contributed by atoms with van der Waals surface area (Å²) < 4.78 is 18.1. The first-order chi connectivity index (χ1) is 15.5. The van der Waals surface area contributed by atoms with Crippen LogP contribution in [0.1, 0.15) is 51.5 Å². The second-order valence-electron chi connectivity index (χ2n) is 9.45. The van der Waals surface area contributed by atoms with Crippen molar-refractivity contribution >= 4 is 17.2 Å². The van der Waals surface area contributed by atoms with Crippen molar-refractivity contribution in [3.8, 4) is 17.3 Å². The quantitative estimate of drug-likeness (QED) is 0.625. The Hall–Kier alpha value is -3.28. The Kier molecular flexibility index (Phi) is 4.16. The normalized spacial score (nSPS) is 26.3. The number of nitriles is 1. The number of carbonyl (C=O) groups excluding carboxylic acids is 1. The number of anilines is 1. The van der Waals surface area contributed by atoms with Crippen molar-refractivity contribution in [3.05, 3.63) is 30.6 Å². The van der Waals surface area contributed by atoms with E-state index in [4.69, 9.17) is 4.98 Å². The lowest BCUT2D eigenvalue weighted by Crippen LogP contribution is -2.37. The highest BCUT2D eigenvalue weighted by Gasteiger charge is 2.61. The summed E-state index contributed by atoms with van der Waals surface area (Å²) >= 11 is 0.